The number of hydrogen-bond donors (Lipinski definition) is 3. The summed E-state index contributed by atoms with van der Waals surface area (Å²) in [5, 5.41) is 8.97. The monoisotopic (exact) mass is 362 g/mol. The highest BCUT2D eigenvalue weighted by Crippen LogP contribution is 2.21. The first-order valence-electron chi connectivity index (χ1n) is 9.61. The van der Waals surface area contributed by atoms with E-state index < -0.39 is 0 Å². The number of aryl methyl sites for hydroxylation is 1. The molecule has 1 rings (SSSR count). The highest BCUT2D eigenvalue weighted by molar-refractivity contribution is 5.86. The van der Waals surface area contributed by atoms with Crippen LogP contribution in [0.4, 0.5) is 0 Å². The Labute approximate surface area is 157 Å². The van der Waals surface area contributed by atoms with Crippen molar-refractivity contribution >= 4 is 11.9 Å². The average molecular weight is 363 g/mol. The van der Waals surface area contributed by atoms with Gasteiger partial charge in [0.25, 0.3) is 0 Å². The number of rotatable bonds is 11. The molecular formula is C20H34N4O2. The summed E-state index contributed by atoms with van der Waals surface area (Å²) in [6, 6.07) is 6.19. The van der Waals surface area contributed by atoms with E-state index in [0.29, 0.717) is 19.0 Å². The second-order valence-corrected chi connectivity index (χ2v) is 6.17. The molecule has 146 valence electrons. The lowest BCUT2D eigenvalue weighted by Gasteiger charge is -2.13. The van der Waals surface area contributed by atoms with E-state index >= 15 is 0 Å². The molecular weight excluding hydrogens is 328 g/mol. The van der Waals surface area contributed by atoms with Crippen molar-refractivity contribution in [2.75, 3.05) is 26.2 Å². The normalized spacial score (nSPS) is 11.2. The van der Waals surface area contributed by atoms with Gasteiger partial charge in [-0.05, 0) is 38.8 Å². The van der Waals surface area contributed by atoms with Gasteiger partial charge in [0.2, 0.25) is 5.91 Å². The third-order valence-electron chi connectivity index (χ3n) is 3.77. The molecule has 26 heavy (non-hydrogen) atoms. The molecule has 3 N–H and O–H groups in total. The lowest BCUT2D eigenvalue weighted by atomic mass is 10.1. The Morgan fingerprint density at radius 3 is 2.54 bits per heavy atom. The van der Waals surface area contributed by atoms with Crippen LogP contribution >= 0.6 is 0 Å². The van der Waals surface area contributed by atoms with Gasteiger partial charge < -0.3 is 20.7 Å². The third kappa shape index (κ3) is 8.74. The summed E-state index contributed by atoms with van der Waals surface area (Å²) >= 11 is 0. The predicted octanol–water partition coefficient (Wildman–Crippen LogP) is 2.76. The van der Waals surface area contributed by atoms with Crippen LogP contribution in [0.2, 0.25) is 0 Å². The number of unbranched alkanes of at least 4 members (excludes halogenated alkanes) is 2. The van der Waals surface area contributed by atoms with Crippen LogP contribution in [-0.4, -0.2) is 38.1 Å². The number of ether oxygens (including phenoxy) is 1. The summed E-state index contributed by atoms with van der Waals surface area (Å²) in [5.41, 5.74) is 2.21. The van der Waals surface area contributed by atoms with E-state index in [1.165, 1.54) is 18.4 Å². The lowest BCUT2D eigenvalue weighted by molar-refractivity contribution is -0.119. The summed E-state index contributed by atoms with van der Waals surface area (Å²) in [7, 11) is 0. The zero-order chi connectivity index (χ0) is 19.2. The number of carbonyl (C=O) groups is 1. The van der Waals surface area contributed by atoms with Crippen molar-refractivity contribution in [1.82, 2.24) is 16.0 Å². The molecule has 0 spiro atoms. The Hall–Kier alpha value is -2.24. The first-order valence-corrected chi connectivity index (χ1v) is 9.61. The van der Waals surface area contributed by atoms with Crippen LogP contribution in [0.15, 0.2) is 23.2 Å². The third-order valence-corrected chi connectivity index (χ3v) is 3.77. The van der Waals surface area contributed by atoms with Crippen LogP contribution in [0, 0.1) is 6.92 Å². The number of nitrogens with one attached hydrogen (secondary N) is 3. The number of likely N-dealkylation sites (N-methyl/N-ethyl adjacent to an activating group) is 1. The predicted molar refractivity (Wildman–Crippen MR) is 108 cm³/mol. The van der Waals surface area contributed by atoms with Gasteiger partial charge >= 0.3 is 0 Å². The van der Waals surface area contributed by atoms with E-state index in [-0.39, 0.29) is 12.5 Å². The number of benzene rings is 1. The maximum Gasteiger partial charge on any atom is 0.239 e. The summed E-state index contributed by atoms with van der Waals surface area (Å²) in [5.74, 6) is 1.47. The van der Waals surface area contributed by atoms with Gasteiger partial charge in [0, 0.05) is 18.7 Å². The summed E-state index contributed by atoms with van der Waals surface area (Å²) in [4.78, 5) is 16.2. The van der Waals surface area contributed by atoms with E-state index in [0.717, 1.165) is 30.9 Å². The minimum absolute atomic E-state index is 0.0478. The molecule has 1 aromatic rings. The van der Waals surface area contributed by atoms with Gasteiger partial charge in [-0.15, -0.1) is 0 Å². The molecule has 0 radical (unpaired) electrons. The van der Waals surface area contributed by atoms with Gasteiger partial charge in [-0.3, -0.25) is 4.79 Å². The standard InChI is InChI=1S/C20H34N4O2/c1-5-8-9-12-26-18-13-16(4)10-11-17(18)14-23-20(22-7-3)24-15-19(25)21-6-2/h10-11,13H,5-9,12,14-15H2,1-4H3,(H,21,25)(H2,22,23,24). The van der Waals surface area contributed by atoms with Crippen LogP contribution in [0.25, 0.3) is 0 Å². The highest BCUT2D eigenvalue weighted by Gasteiger charge is 2.06. The Kier molecular flexibility index (Phi) is 10.9. The molecule has 6 heteroatoms. The minimum atomic E-state index is -0.0478. The van der Waals surface area contributed by atoms with Gasteiger partial charge in [-0.25, -0.2) is 4.99 Å². The Balaban J connectivity index is 2.72. The molecule has 0 bridgehead atoms. The molecule has 0 aromatic heterocycles. The Bertz CT molecular complexity index is 573. The average Bonchev–Trinajstić information content (AvgIpc) is 2.62. The van der Waals surface area contributed by atoms with Crippen LogP contribution in [0.3, 0.4) is 0 Å². The minimum Gasteiger partial charge on any atom is -0.493 e. The van der Waals surface area contributed by atoms with E-state index in [4.69, 9.17) is 4.74 Å². The van der Waals surface area contributed by atoms with Gasteiger partial charge in [-0.1, -0.05) is 31.9 Å². The molecule has 0 heterocycles. The van der Waals surface area contributed by atoms with Gasteiger partial charge in [0.15, 0.2) is 5.96 Å². The number of guanidine groups is 1. The van der Waals surface area contributed by atoms with Gasteiger partial charge in [0.1, 0.15) is 5.75 Å². The molecule has 0 unspecified atom stereocenters. The SMILES string of the molecule is CCCCCOc1cc(C)ccc1CN=C(NCC)NCC(=O)NCC. The van der Waals surface area contributed by atoms with Crippen LogP contribution in [0.5, 0.6) is 5.75 Å². The number of carbonyl (C=O) groups excluding carboxylic acids is 1. The lowest BCUT2D eigenvalue weighted by Crippen LogP contribution is -2.43. The maximum atomic E-state index is 11.6. The molecule has 0 atom stereocenters. The van der Waals surface area contributed by atoms with Crippen molar-refractivity contribution in [1.29, 1.82) is 0 Å². The maximum absolute atomic E-state index is 11.6. The largest absolute Gasteiger partial charge is 0.493 e. The van der Waals surface area contributed by atoms with E-state index in [1.54, 1.807) is 0 Å². The molecule has 0 saturated heterocycles. The number of hydrogen-bond acceptors (Lipinski definition) is 3. The second kappa shape index (κ2) is 13.0. The quantitative estimate of drug-likeness (QED) is 0.321. The van der Waals surface area contributed by atoms with Crippen LogP contribution in [-0.2, 0) is 11.3 Å². The van der Waals surface area contributed by atoms with E-state index in [9.17, 15) is 4.79 Å². The summed E-state index contributed by atoms with van der Waals surface area (Å²) in [6.07, 6.45) is 3.41. The highest BCUT2D eigenvalue weighted by atomic mass is 16.5. The van der Waals surface area contributed by atoms with Crippen molar-refractivity contribution in [3.63, 3.8) is 0 Å². The number of amides is 1. The summed E-state index contributed by atoms with van der Waals surface area (Å²) in [6.45, 7) is 10.9. The first-order chi connectivity index (χ1) is 12.6. The molecule has 0 fully saturated rings. The Morgan fingerprint density at radius 1 is 1.08 bits per heavy atom. The van der Waals surface area contributed by atoms with Crippen molar-refractivity contribution in [3.8, 4) is 5.75 Å². The molecule has 0 aliphatic heterocycles. The zero-order valence-corrected chi connectivity index (χ0v) is 16.7. The fourth-order valence-corrected chi connectivity index (χ4v) is 2.39. The molecule has 0 saturated carbocycles. The van der Waals surface area contributed by atoms with Gasteiger partial charge in [-0.2, -0.15) is 0 Å². The van der Waals surface area contributed by atoms with Crippen LogP contribution in [0.1, 0.15) is 51.2 Å². The van der Waals surface area contributed by atoms with Crippen LogP contribution < -0.4 is 20.7 Å². The first kappa shape index (κ1) is 21.8. The summed E-state index contributed by atoms with van der Waals surface area (Å²) < 4.78 is 5.97. The fourth-order valence-electron chi connectivity index (χ4n) is 2.39. The van der Waals surface area contributed by atoms with Crippen molar-refractivity contribution in [3.05, 3.63) is 29.3 Å². The molecule has 1 aromatic carbocycles. The van der Waals surface area contributed by atoms with Crippen molar-refractivity contribution in [2.45, 2.75) is 53.5 Å². The van der Waals surface area contributed by atoms with Crippen molar-refractivity contribution in [2.24, 2.45) is 4.99 Å². The smallest absolute Gasteiger partial charge is 0.239 e. The Morgan fingerprint density at radius 2 is 1.85 bits per heavy atom. The zero-order valence-electron chi connectivity index (χ0n) is 16.7. The number of nitrogens with zero attached hydrogens (tertiary/aromatic N) is 1. The van der Waals surface area contributed by atoms with Crippen molar-refractivity contribution < 1.29 is 9.53 Å². The van der Waals surface area contributed by atoms with E-state index in [2.05, 4.69) is 53.0 Å². The molecule has 0 aliphatic carbocycles. The number of aliphatic imine (C=N–C) groups is 1. The topological polar surface area (TPSA) is 74.8 Å². The molecule has 6 nitrogen and oxygen atoms in total. The molecule has 0 aliphatic rings. The fraction of sp³-hybridized carbons (Fsp3) is 0.600. The van der Waals surface area contributed by atoms with Gasteiger partial charge in [0.05, 0.1) is 19.7 Å². The second-order valence-electron chi connectivity index (χ2n) is 6.17. The molecule has 1 amide bonds. The van der Waals surface area contributed by atoms with E-state index in [1.807, 2.05) is 13.8 Å².